The molecule has 0 radical (unpaired) electrons. The summed E-state index contributed by atoms with van der Waals surface area (Å²) in [5, 5.41) is 3.57. The Morgan fingerprint density at radius 3 is 2.16 bits per heavy atom. The van der Waals surface area contributed by atoms with E-state index >= 15 is 0 Å². The van der Waals surface area contributed by atoms with E-state index in [1.807, 2.05) is 0 Å². The first kappa shape index (κ1) is 14.8. The highest BCUT2D eigenvalue weighted by molar-refractivity contribution is 5.86. The van der Waals surface area contributed by atoms with Crippen LogP contribution in [0.1, 0.15) is 46.5 Å². The van der Waals surface area contributed by atoms with E-state index in [2.05, 4.69) is 38.0 Å². The highest BCUT2D eigenvalue weighted by Gasteiger charge is 2.52. The van der Waals surface area contributed by atoms with Crippen molar-refractivity contribution in [3.63, 3.8) is 0 Å². The van der Waals surface area contributed by atoms with E-state index in [1.165, 1.54) is 12.8 Å². The minimum absolute atomic E-state index is 0.164. The first-order chi connectivity index (χ1) is 8.73. The first-order valence-electron chi connectivity index (χ1n) is 7.49. The smallest absolute Gasteiger partial charge is 0.239 e. The molecule has 0 spiro atoms. The summed E-state index contributed by atoms with van der Waals surface area (Å²) in [6, 6.07) is 0.510. The molecule has 2 fully saturated rings. The molecule has 2 aliphatic rings. The Balaban J connectivity index is 2.05. The van der Waals surface area contributed by atoms with Crippen LogP contribution in [-0.2, 0) is 4.79 Å². The average molecular weight is 267 g/mol. The van der Waals surface area contributed by atoms with Crippen LogP contribution in [0.4, 0.5) is 0 Å². The molecule has 2 saturated carbocycles. The van der Waals surface area contributed by atoms with Crippen LogP contribution in [0.25, 0.3) is 0 Å². The largest absolute Gasteiger partial charge is 0.368 e. The number of nitrogens with two attached hydrogens (primary N) is 1. The van der Waals surface area contributed by atoms with Crippen LogP contribution in [0.2, 0.25) is 0 Å². The minimum Gasteiger partial charge on any atom is -0.368 e. The van der Waals surface area contributed by atoms with E-state index in [1.54, 1.807) is 0 Å². The molecule has 0 aromatic carbocycles. The second-order valence-electron chi connectivity index (χ2n) is 7.76. The summed E-state index contributed by atoms with van der Waals surface area (Å²) in [4.78, 5) is 14.4. The number of carbonyl (C=O) groups is 1. The molecule has 0 aromatic heterocycles. The zero-order valence-electron chi connectivity index (χ0n) is 12.8. The lowest BCUT2D eigenvalue weighted by Crippen LogP contribution is -2.63. The normalized spacial score (nSPS) is 23.4. The molecule has 1 unspecified atom stereocenters. The molecule has 3 N–H and O–H groups in total. The van der Waals surface area contributed by atoms with Crippen LogP contribution in [0.15, 0.2) is 0 Å². The minimum atomic E-state index is -0.499. The Labute approximate surface area is 117 Å². The molecule has 19 heavy (non-hydrogen) atoms. The number of carbonyl (C=O) groups excluding carboxylic acids is 1. The van der Waals surface area contributed by atoms with Crippen LogP contribution in [0.3, 0.4) is 0 Å². The van der Waals surface area contributed by atoms with E-state index < -0.39 is 5.54 Å². The van der Waals surface area contributed by atoms with E-state index in [4.69, 9.17) is 5.73 Å². The van der Waals surface area contributed by atoms with Crippen LogP contribution in [-0.4, -0.2) is 42.5 Å². The highest BCUT2D eigenvalue weighted by Crippen LogP contribution is 2.42. The Bertz CT molecular complexity index is 342. The van der Waals surface area contributed by atoms with Gasteiger partial charge in [0.2, 0.25) is 5.91 Å². The standard InChI is InChI=1S/C15H29N3O/c1-14(2,3)9-18(4)10-15(13(16)19,11-5-6-11)17-12-7-8-12/h11-12,17H,5-10H2,1-4H3,(H2,16,19). The molecule has 0 aliphatic heterocycles. The first-order valence-corrected chi connectivity index (χ1v) is 7.49. The fraction of sp³-hybridized carbons (Fsp3) is 0.933. The van der Waals surface area contributed by atoms with Crippen molar-refractivity contribution in [3.8, 4) is 0 Å². The van der Waals surface area contributed by atoms with Gasteiger partial charge in [-0.2, -0.15) is 0 Å². The lowest BCUT2D eigenvalue weighted by Gasteiger charge is -2.38. The van der Waals surface area contributed by atoms with Crippen molar-refractivity contribution < 1.29 is 4.79 Å². The van der Waals surface area contributed by atoms with Crippen molar-refractivity contribution >= 4 is 5.91 Å². The molecule has 0 heterocycles. The molecular weight excluding hydrogens is 238 g/mol. The maximum atomic E-state index is 12.1. The number of rotatable bonds is 7. The van der Waals surface area contributed by atoms with Crippen molar-refractivity contribution in [1.82, 2.24) is 10.2 Å². The SMILES string of the molecule is CN(CC(C)(C)C)CC(NC1CC1)(C(N)=O)C1CC1. The number of primary amides is 1. The van der Waals surface area contributed by atoms with Gasteiger partial charge >= 0.3 is 0 Å². The Kier molecular flexibility index (Phi) is 3.94. The van der Waals surface area contributed by atoms with Gasteiger partial charge in [0.1, 0.15) is 5.54 Å². The third-order valence-corrected chi connectivity index (χ3v) is 4.02. The molecule has 4 nitrogen and oxygen atoms in total. The van der Waals surface area contributed by atoms with Crippen LogP contribution < -0.4 is 11.1 Å². The van der Waals surface area contributed by atoms with Crippen molar-refractivity contribution in [2.45, 2.75) is 58.0 Å². The van der Waals surface area contributed by atoms with Gasteiger partial charge < -0.3 is 10.6 Å². The van der Waals surface area contributed by atoms with E-state index in [9.17, 15) is 4.79 Å². The van der Waals surface area contributed by atoms with E-state index in [-0.39, 0.29) is 11.3 Å². The molecule has 4 heteroatoms. The number of hydrogen-bond donors (Lipinski definition) is 2. The predicted octanol–water partition coefficient (Wildman–Crippen LogP) is 1.35. The van der Waals surface area contributed by atoms with Gasteiger partial charge in [0, 0.05) is 19.1 Å². The van der Waals surface area contributed by atoms with Crippen molar-refractivity contribution in [2.75, 3.05) is 20.1 Å². The summed E-state index contributed by atoms with van der Waals surface area (Å²) in [7, 11) is 2.10. The zero-order chi connectivity index (χ0) is 14.3. The van der Waals surface area contributed by atoms with Gasteiger partial charge in [0.25, 0.3) is 0 Å². The fourth-order valence-electron chi connectivity index (χ4n) is 3.10. The van der Waals surface area contributed by atoms with Gasteiger partial charge in [-0.1, -0.05) is 20.8 Å². The van der Waals surface area contributed by atoms with Gasteiger partial charge in [0.15, 0.2) is 0 Å². The number of amides is 1. The van der Waals surface area contributed by atoms with Crippen molar-refractivity contribution in [2.24, 2.45) is 17.1 Å². The molecule has 0 bridgehead atoms. The second-order valence-corrected chi connectivity index (χ2v) is 7.76. The fourth-order valence-corrected chi connectivity index (χ4v) is 3.10. The molecule has 0 saturated heterocycles. The van der Waals surface area contributed by atoms with Crippen LogP contribution in [0, 0.1) is 11.3 Å². The number of nitrogens with zero attached hydrogens (tertiary/aromatic N) is 1. The van der Waals surface area contributed by atoms with Crippen molar-refractivity contribution in [3.05, 3.63) is 0 Å². The summed E-state index contributed by atoms with van der Waals surface area (Å²) in [6.45, 7) is 8.38. The van der Waals surface area contributed by atoms with Gasteiger partial charge in [-0.25, -0.2) is 0 Å². The Morgan fingerprint density at radius 2 is 1.79 bits per heavy atom. The molecule has 110 valence electrons. The highest BCUT2D eigenvalue weighted by atomic mass is 16.1. The average Bonchev–Trinajstić information content (AvgIpc) is 3.08. The van der Waals surface area contributed by atoms with E-state index in [0.29, 0.717) is 12.0 Å². The quantitative estimate of drug-likeness (QED) is 0.732. The zero-order valence-corrected chi connectivity index (χ0v) is 12.8. The number of likely N-dealkylation sites (N-methyl/N-ethyl adjacent to an activating group) is 1. The summed E-state index contributed by atoms with van der Waals surface area (Å²) in [6.07, 6.45) is 4.63. The summed E-state index contributed by atoms with van der Waals surface area (Å²) >= 11 is 0. The van der Waals surface area contributed by atoms with Gasteiger partial charge in [-0.15, -0.1) is 0 Å². The molecule has 2 rings (SSSR count). The second kappa shape index (κ2) is 5.06. The Morgan fingerprint density at radius 1 is 1.21 bits per heavy atom. The molecule has 2 aliphatic carbocycles. The van der Waals surface area contributed by atoms with Gasteiger partial charge in [-0.3, -0.25) is 10.1 Å². The summed E-state index contributed by atoms with van der Waals surface area (Å²) in [5.74, 6) is 0.274. The molecule has 1 amide bonds. The van der Waals surface area contributed by atoms with Crippen LogP contribution >= 0.6 is 0 Å². The summed E-state index contributed by atoms with van der Waals surface area (Å²) in [5.41, 5.74) is 5.51. The third kappa shape index (κ3) is 3.93. The van der Waals surface area contributed by atoms with Gasteiger partial charge in [0.05, 0.1) is 0 Å². The predicted molar refractivity (Wildman–Crippen MR) is 77.8 cm³/mol. The lowest BCUT2D eigenvalue weighted by atomic mass is 9.89. The summed E-state index contributed by atoms with van der Waals surface area (Å²) < 4.78 is 0. The van der Waals surface area contributed by atoms with E-state index in [0.717, 1.165) is 25.9 Å². The van der Waals surface area contributed by atoms with Crippen LogP contribution in [0.5, 0.6) is 0 Å². The molecular formula is C15H29N3O. The Hall–Kier alpha value is -0.610. The third-order valence-electron chi connectivity index (χ3n) is 4.02. The number of hydrogen-bond acceptors (Lipinski definition) is 3. The molecule has 1 atom stereocenters. The topological polar surface area (TPSA) is 58.4 Å². The maximum absolute atomic E-state index is 12.1. The van der Waals surface area contributed by atoms with Gasteiger partial charge in [-0.05, 0) is 44.1 Å². The lowest BCUT2D eigenvalue weighted by molar-refractivity contribution is -0.126. The maximum Gasteiger partial charge on any atom is 0.239 e. The monoisotopic (exact) mass is 267 g/mol. The van der Waals surface area contributed by atoms with Crippen molar-refractivity contribution in [1.29, 1.82) is 0 Å². The number of nitrogens with one attached hydrogen (secondary N) is 1. The molecule has 0 aromatic rings.